The van der Waals surface area contributed by atoms with Crippen LogP contribution in [0.4, 0.5) is 5.69 Å². The van der Waals surface area contributed by atoms with Gasteiger partial charge in [-0.3, -0.25) is 10.2 Å². The summed E-state index contributed by atoms with van der Waals surface area (Å²) < 4.78 is 5.99. The Bertz CT molecular complexity index is 1030. The van der Waals surface area contributed by atoms with Gasteiger partial charge >= 0.3 is 0 Å². The third-order valence-electron chi connectivity index (χ3n) is 5.15. The van der Waals surface area contributed by atoms with E-state index in [-0.39, 0.29) is 17.5 Å². The number of nitrogens with zero attached hydrogens (tertiary/aromatic N) is 1. The monoisotopic (exact) mass is 375 g/mol. The summed E-state index contributed by atoms with van der Waals surface area (Å²) in [5.41, 5.74) is 6.38. The molecule has 2 aromatic carbocycles. The molecule has 2 N–H and O–H groups in total. The lowest BCUT2D eigenvalue weighted by atomic mass is 9.95. The van der Waals surface area contributed by atoms with E-state index in [4.69, 9.17) is 4.42 Å². The number of amides is 1. The van der Waals surface area contributed by atoms with Crippen molar-refractivity contribution >= 4 is 22.6 Å². The zero-order valence-electron chi connectivity index (χ0n) is 16.1. The molecule has 1 aliphatic carbocycles. The van der Waals surface area contributed by atoms with Crippen molar-refractivity contribution in [2.45, 2.75) is 45.1 Å². The van der Waals surface area contributed by atoms with Gasteiger partial charge in [0, 0.05) is 11.4 Å². The number of hydrogen-bond acceptors (Lipinski definition) is 4. The second kappa shape index (κ2) is 8.30. The third-order valence-corrected chi connectivity index (χ3v) is 5.15. The minimum atomic E-state index is -0.132. The van der Waals surface area contributed by atoms with Gasteiger partial charge < -0.3 is 9.73 Å². The maximum atomic E-state index is 13.0. The topological polar surface area (TPSA) is 66.6 Å². The van der Waals surface area contributed by atoms with E-state index in [0.29, 0.717) is 11.1 Å². The number of rotatable bonds is 4. The minimum absolute atomic E-state index is 0.132. The Balaban J connectivity index is 1.71. The molecule has 0 bridgehead atoms. The number of carbonyl (C=O) groups excluding carboxylic acids is 1. The summed E-state index contributed by atoms with van der Waals surface area (Å²) in [6.07, 6.45) is 5.64. The predicted molar refractivity (Wildman–Crippen MR) is 111 cm³/mol. The van der Waals surface area contributed by atoms with Crippen LogP contribution in [0.15, 0.2) is 64.1 Å². The number of para-hydroxylation sites is 1. The first kappa shape index (κ1) is 18.3. The Labute approximate surface area is 164 Å². The van der Waals surface area contributed by atoms with E-state index in [1.165, 1.54) is 19.3 Å². The molecule has 0 aliphatic heterocycles. The van der Waals surface area contributed by atoms with E-state index in [2.05, 4.69) is 15.8 Å². The summed E-state index contributed by atoms with van der Waals surface area (Å²) in [6.45, 7) is 2.02. The lowest BCUT2D eigenvalue weighted by Crippen LogP contribution is -2.38. The van der Waals surface area contributed by atoms with Crippen LogP contribution >= 0.6 is 0 Å². The normalized spacial score (nSPS) is 15.5. The quantitative estimate of drug-likeness (QED) is 0.648. The van der Waals surface area contributed by atoms with E-state index in [0.717, 1.165) is 29.5 Å². The summed E-state index contributed by atoms with van der Waals surface area (Å²) in [5.74, 6) is -0.132. The van der Waals surface area contributed by atoms with Crippen molar-refractivity contribution in [3.05, 3.63) is 71.3 Å². The van der Waals surface area contributed by atoms with Crippen LogP contribution in [0.1, 0.15) is 48.0 Å². The average molecular weight is 375 g/mol. The van der Waals surface area contributed by atoms with Gasteiger partial charge in [-0.05, 0) is 50.1 Å². The van der Waals surface area contributed by atoms with Crippen LogP contribution in [-0.4, -0.2) is 11.9 Å². The number of aryl methyl sites for hydroxylation is 1. The maximum absolute atomic E-state index is 13.0. The Hall–Kier alpha value is -3.08. The van der Waals surface area contributed by atoms with Crippen LogP contribution in [0, 0.1) is 6.92 Å². The molecule has 28 heavy (non-hydrogen) atoms. The molecule has 4 rings (SSSR count). The molecule has 1 aliphatic rings. The summed E-state index contributed by atoms with van der Waals surface area (Å²) in [5, 5.41) is 8.45. The lowest BCUT2D eigenvalue weighted by Gasteiger charge is -2.22. The van der Waals surface area contributed by atoms with Gasteiger partial charge in [0.05, 0.1) is 5.69 Å². The highest BCUT2D eigenvalue weighted by molar-refractivity contribution is 5.96. The SMILES string of the molecule is Cc1ccc2o/c(=N\Nc3ccccc3)c(C(=O)NC3CCCCC3)cc2c1. The number of anilines is 1. The van der Waals surface area contributed by atoms with Crippen LogP contribution in [0.3, 0.4) is 0 Å². The van der Waals surface area contributed by atoms with Gasteiger partial charge in [-0.1, -0.05) is 49.1 Å². The smallest absolute Gasteiger partial charge is 0.257 e. The third kappa shape index (κ3) is 4.25. The van der Waals surface area contributed by atoms with E-state index in [1.54, 1.807) is 0 Å². The first-order valence-electron chi connectivity index (χ1n) is 9.89. The highest BCUT2D eigenvalue weighted by Gasteiger charge is 2.19. The van der Waals surface area contributed by atoms with E-state index in [1.807, 2.05) is 61.5 Å². The molecule has 1 aromatic heterocycles. The van der Waals surface area contributed by atoms with Crippen molar-refractivity contribution in [2.24, 2.45) is 5.10 Å². The molecule has 0 saturated heterocycles. The van der Waals surface area contributed by atoms with Crippen LogP contribution in [0.25, 0.3) is 11.0 Å². The maximum Gasteiger partial charge on any atom is 0.257 e. The summed E-state index contributed by atoms with van der Waals surface area (Å²) in [6, 6.07) is 17.6. The zero-order chi connectivity index (χ0) is 19.3. The molecule has 1 fully saturated rings. The molecule has 5 heteroatoms. The molecule has 3 aromatic rings. The molecule has 5 nitrogen and oxygen atoms in total. The highest BCUT2D eigenvalue weighted by atomic mass is 16.3. The number of fused-ring (bicyclic) bond motifs is 1. The lowest BCUT2D eigenvalue weighted by molar-refractivity contribution is 0.0923. The Morgan fingerprint density at radius 2 is 1.82 bits per heavy atom. The largest absolute Gasteiger partial charge is 0.436 e. The van der Waals surface area contributed by atoms with Crippen LogP contribution in [0.2, 0.25) is 0 Å². The summed E-state index contributed by atoms with van der Waals surface area (Å²) >= 11 is 0. The van der Waals surface area contributed by atoms with Gasteiger partial charge in [-0.2, -0.15) is 0 Å². The Morgan fingerprint density at radius 3 is 2.61 bits per heavy atom. The fourth-order valence-electron chi connectivity index (χ4n) is 3.63. The van der Waals surface area contributed by atoms with Crippen molar-refractivity contribution in [1.82, 2.24) is 5.32 Å². The molecule has 0 atom stereocenters. The standard InChI is InChI=1S/C23H25N3O2/c1-16-12-13-21-17(14-16)15-20(22(27)24-18-8-4-2-5-9-18)23(28-21)26-25-19-10-6-3-7-11-19/h3,6-7,10-15,18,25H,2,4-5,8-9H2,1H3,(H,24,27)/b26-23-. The second-order valence-electron chi connectivity index (χ2n) is 7.40. The fraction of sp³-hybridized carbons (Fsp3) is 0.304. The van der Waals surface area contributed by atoms with Crippen molar-refractivity contribution < 1.29 is 9.21 Å². The number of nitrogens with one attached hydrogen (secondary N) is 2. The average Bonchev–Trinajstić information content (AvgIpc) is 2.73. The number of benzene rings is 2. The Morgan fingerprint density at radius 1 is 1.04 bits per heavy atom. The van der Waals surface area contributed by atoms with Crippen LogP contribution in [0.5, 0.6) is 0 Å². The molecular weight excluding hydrogens is 350 g/mol. The van der Waals surface area contributed by atoms with Gasteiger partial charge in [0.15, 0.2) is 0 Å². The molecular formula is C23H25N3O2. The first-order chi connectivity index (χ1) is 13.7. The van der Waals surface area contributed by atoms with Crippen LogP contribution in [-0.2, 0) is 0 Å². The number of hydrogen-bond donors (Lipinski definition) is 2. The van der Waals surface area contributed by atoms with Gasteiger partial charge in [0.25, 0.3) is 5.91 Å². The highest BCUT2D eigenvalue weighted by Crippen LogP contribution is 2.19. The molecule has 0 spiro atoms. The van der Waals surface area contributed by atoms with Crippen molar-refractivity contribution in [3.63, 3.8) is 0 Å². The molecule has 1 heterocycles. The first-order valence-corrected chi connectivity index (χ1v) is 9.89. The summed E-state index contributed by atoms with van der Waals surface area (Å²) in [7, 11) is 0. The van der Waals surface area contributed by atoms with Gasteiger partial charge in [-0.15, -0.1) is 5.10 Å². The van der Waals surface area contributed by atoms with Gasteiger partial charge in [0.2, 0.25) is 5.55 Å². The zero-order valence-corrected chi connectivity index (χ0v) is 16.1. The molecule has 1 amide bonds. The van der Waals surface area contributed by atoms with E-state index < -0.39 is 0 Å². The van der Waals surface area contributed by atoms with E-state index >= 15 is 0 Å². The van der Waals surface area contributed by atoms with Crippen molar-refractivity contribution in [2.75, 3.05) is 5.43 Å². The van der Waals surface area contributed by atoms with Crippen molar-refractivity contribution in [1.29, 1.82) is 0 Å². The van der Waals surface area contributed by atoms with Gasteiger partial charge in [0.1, 0.15) is 11.1 Å². The minimum Gasteiger partial charge on any atom is -0.436 e. The molecule has 0 radical (unpaired) electrons. The second-order valence-corrected chi connectivity index (χ2v) is 7.40. The predicted octanol–water partition coefficient (Wildman–Crippen LogP) is 4.73. The fourth-order valence-corrected chi connectivity index (χ4v) is 3.63. The molecule has 144 valence electrons. The van der Waals surface area contributed by atoms with Gasteiger partial charge in [-0.25, -0.2) is 0 Å². The molecule has 0 unspecified atom stereocenters. The van der Waals surface area contributed by atoms with Crippen LogP contribution < -0.4 is 16.3 Å². The molecule has 1 saturated carbocycles. The number of carbonyl (C=O) groups is 1. The Kier molecular flexibility index (Phi) is 5.42. The van der Waals surface area contributed by atoms with Crippen molar-refractivity contribution in [3.8, 4) is 0 Å². The van der Waals surface area contributed by atoms with E-state index in [9.17, 15) is 4.79 Å². The summed E-state index contributed by atoms with van der Waals surface area (Å²) in [4.78, 5) is 13.0.